The van der Waals surface area contributed by atoms with Gasteiger partial charge in [-0.05, 0) is 36.4 Å². The lowest BCUT2D eigenvalue weighted by molar-refractivity contribution is 0.262. The number of nitrogens with zero attached hydrogens (tertiary/aromatic N) is 1. The summed E-state index contributed by atoms with van der Waals surface area (Å²) in [6, 6.07) is 9.31. The molecule has 0 unspecified atom stereocenters. The second kappa shape index (κ2) is 6.23. The SMILES string of the molecule is CS(=O)(=O)Nc1ccc(NC(=O)Nc2cccnc2)cc1. The van der Waals surface area contributed by atoms with Crippen molar-refractivity contribution in [2.45, 2.75) is 0 Å². The van der Waals surface area contributed by atoms with Gasteiger partial charge in [0, 0.05) is 17.6 Å². The van der Waals surface area contributed by atoms with E-state index in [-0.39, 0.29) is 0 Å². The molecule has 110 valence electrons. The first-order chi connectivity index (χ1) is 9.92. The Bertz CT molecular complexity index is 715. The summed E-state index contributed by atoms with van der Waals surface area (Å²) >= 11 is 0. The van der Waals surface area contributed by atoms with Crippen LogP contribution in [0.5, 0.6) is 0 Å². The molecule has 0 saturated heterocycles. The zero-order chi connectivity index (χ0) is 15.3. The molecule has 0 aliphatic rings. The van der Waals surface area contributed by atoms with Gasteiger partial charge in [0.2, 0.25) is 10.0 Å². The van der Waals surface area contributed by atoms with Gasteiger partial charge >= 0.3 is 6.03 Å². The summed E-state index contributed by atoms with van der Waals surface area (Å²) in [5.41, 5.74) is 1.54. The number of benzene rings is 1. The van der Waals surface area contributed by atoms with Crippen molar-refractivity contribution in [2.75, 3.05) is 21.6 Å². The molecule has 0 atom stereocenters. The van der Waals surface area contributed by atoms with Crippen molar-refractivity contribution in [1.82, 2.24) is 4.98 Å². The van der Waals surface area contributed by atoms with Gasteiger partial charge in [-0.3, -0.25) is 9.71 Å². The fourth-order valence-electron chi connectivity index (χ4n) is 1.57. The number of sulfonamides is 1. The minimum atomic E-state index is -3.31. The van der Waals surface area contributed by atoms with E-state index in [9.17, 15) is 13.2 Å². The molecule has 0 fully saturated rings. The normalized spacial score (nSPS) is 10.7. The largest absolute Gasteiger partial charge is 0.323 e. The molecule has 1 aromatic carbocycles. The van der Waals surface area contributed by atoms with Crippen LogP contribution in [0, 0.1) is 0 Å². The topological polar surface area (TPSA) is 100 Å². The average molecular weight is 306 g/mol. The van der Waals surface area contributed by atoms with Gasteiger partial charge in [-0.1, -0.05) is 0 Å². The quantitative estimate of drug-likeness (QED) is 0.805. The summed E-state index contributed by atoms with van der Waals surface area (Å²) in [7, 11) is -3.31. The first-order valence-electron chi connectivity index (χ1n) is 5.98. The molecule has 2 aromatic rings. The Morgan fingerprint density at radius 1 is 1.00 bits per heavy atom. The molecule has 8 heteroatoms. The predicted octanol–water partition coefficient (Wildman–Crippen LogP) is 2.10. The van der Waals surface area contributed by atoms with Gasteiger partial charge < -0.3 is 10.6 Å². The molecule has 21 heavy (non-hydrogen) atoms. The number of hydrogen-bond acceptors (Lipinski definition) is 4. The summed E-state index contributed by atoms with van der Waals surface area (Å²) in [5, 5.41) is 5.24. The van der Waals surface area contributed by atoms with E-state index in [1.54, 1.807) is 42.6 Å². The Morgan fingerprint density at radius 2 is 1.62 bits per heavy atom. The lowest BCUT2D eigenvalue weighted by atomic mass is 10.3. The molecular formula is C13H14N4O3S. The van der Waals surface area contributed by atoms with E-state index < -0.39 is 16.1 Å². The monoisotopic (exact) mass is 306 g/mol. The second-order valence-electron chi connectivity index (χ2n) is 4.27. The summed E-state index contributed by atoms with van der Waals surface area (Å²) in [6.07, 6.45) is 4.20. The van der Waals surface area contributed by atoms with Crippen LogP contribution in [-0.4, -0.2) is 25.7 Å². The van der Waals surface area contributed by atoms with Crippen LogP contribution >= 0.6 is 0 Å². The van der Waals surface area contributed by atoms with E-state index in [0.717, 1.165) is 6.26 Å². The molecule has 0 spiro atoms. The van der Waals surface area contributed by atoms with E-state index in [2.05, 4.69) is 20.3 Å². The van der Waals surface area contributed by atoms with Crippen LogP contribution in [0.25, 0.3) is 0 Å². The minimum absolute atomic E-state index is 0.410. The molecule has 0 radical (unpaired) electrons. The van der Waals surface area contributed by atoms with Crippen LogP contribution < -0.4 is 15.4 Å². The van der Waals surface area contributed by atoms with Crippen molar-refractivity contribution in [3.8, 4) is 0 Å². The van der Waals surface area contributed by atoms with Crippen molar-refractivity contribution in [2.24, 2.45) is 0 Å². The Hall–Kier alpha value is -2.61. The molecule has 3 N–H and O–H groups in total. The average Bonchev–Trinajstić information content (AvgIpc) is 2.40. The van der Waals surface area contributed by atoms with E-state index in [4.69, 9.17) is 0 Å². The molecule has 1 aromatic heterocycles. The Balaban J connectivity index is 1.95. The molecule has 0 aliphatic carbocycles. The van der Waals surface area contributed by atoms with Gasteiger partial charge in [0.1, 0.15) is 0 Å². The van der Waals surface area contributed by atoms with E-state index in [0.29, 0.717) is 17.1 Å². The van der Waals surface area contributed by atoms with Crippen LogP contribution in [0.15, 0.2) is 48.8 Å². The van der Waals surface area contributed by atoms with Gasteiger partial charge in [-0.15, -0.1) is 0 Å². The number of pyridine rings is 1. The predicted molar refractivity (Wildman–Crippen MR) is 81.8 cm³/mol. The fraction of sp³-hybridized carbons (Fsp3) is 0.0769. The summed E-state index contributed by atoms with van der Waals surface area (Å²) < 4.78 is 24.5. The number of carbonyl (C=O) groups is 1. The molecule has 2 rings (SSSR count). The second-order valence-corrected chi connectivity index (χ2v) is 6.02. The lowest BCUT2D eigenvalue weighted by Crippen LogP contribution is -2.19. The highest BCUT2D eigenvalue weighted by molar-refractivity contribution is 7.92. The highest BCUT2D eigenvalue weighted by Gasteiger charge is 2.04. The van der Waals surface area contributed by atoms with Gasteiger partial charge in [0.15, 0.2) is 0 Å². The molecule has 2 amide bonds. The third kappa shape index (κ3) is 5.11. The van der Waals surface area contributed by atoms with Crippen LogP contribution in [0.1, 0.15) is 0 Å². The number of hydrogen-bond donors (Lipinski definition) is 3. The summed E-state index contributed by atoms with van der Waals surface area (Å²) in [6.45, 7) is 0. The zero-order valence-corrected chi connectivity index (χ0v) is 12.0. The molecule has 0 aliphatic heterocycles. The van der Waals surface area contributed by atoms with Gasteiger partial charge in [-0.2, -0.15) is 0 Å². The van der Waals surface area contributed by atoms with E-state index in [1.165, 1.54) is 6.20 Å². The smallest absolute Gasteiger partial charge is 0.308 e. The van der Waals surface area contributed by atoms with Gasteiger partial charge in [-0.25, -0.2) is 13.2 Å². The van der Waals surface area contributed by atoms with Crippen LogP contribution in [0.2, 0.25) is 0 Å². The van der Waals surface area contributed by atoms with Gasteiger partial charge in [0.25, 0.3) is 0 Å². The highest BCUT2D eigenvalue weighted by Crippen LogP contribution is 2.15. The third-order valence-electron chi connectivity index (χ3n) is 2.37. The minimum Gasteiger partial charge on any atom is -0.308 e. The Kier molecular flexibility index (Phi) is 4.39. The van der Waals surface area contributed by atoms with Crippen molar-refractivity contribution in [3.05, 3.63) is 48.8 Å². The Morgan fingerprint density at radius 3 is 2.19 bits per heavy atom. The number of anilines is 3. The molecule has 0 saturated carbocycles. The van der Waals surface area contributed by atoms with E-state index in [1.807, 2.05) is 0 Å². The van der Waals surface area contributed by atoms with Crippen LogP contribution in [0.4, 0.5) is 21.9 Å². The number of carbonyl (C=O) groups excluding carboxylic acids is 1. The van der Waals surface area contributed by atoms with Crippen LogP contribution in [0.3, 0.4) is 0 Å². The maximum absolute atomic E-state index is 11.7. The summed E-state index contributed by atoms with van der Waals surface area (Å²) in [4.78, 5) is 15.6. The first kappa shape index (κ1) is 14.8. The number of aromatic nitrogens is 1. The van der Waals surface area contributed by atoms with Crippen molar-refractivity contribution in [3.63, 3.8) is 0 Å². The molecule has 0 bridgehead atoms. The highest BCUT2D eigenvalue weighted by atomic mass is 32.2. The first-order valence-corrected chi connectivity index (χ1v) is 7.87. The number of amides is 2. The standard InChI is InChI=1S/C13H14N4O3S/c1-21(19,20)17-11-6-4-10(5-7-11)15-13(18)16-12-3-2-8-14-9-12/h2-9,17H,1H3,(H2,15,16,18). The van der Waals surface area contributed by atoms with Crippen molar-refractivity contribution in [1.29, 1.82) is 0 Å². The van der Waals surface area contributed by atoms with Crippen molar-refractivity contribution >= 4 is 33.1 Å². The third-order valence-corrected chi connectivity index (χ3v) is 2.97. The van der Waals surface area contributed by atoms with Crippen LogP contribution in [-0.2, 0) is 10.0 Å². The molecule has 7 nitrogen and oxygen atoms in total. The zero-order valence-electron chi connectivity index (χ0n) is 11.2. The number of urea groups is 1. The Labute approximate surface area is 122 Å². The fourth-order valence-corrected chi connectivity index (χ4v) is 2.13. The summed E-state index contributed by atoms with van der Waals surface area (Å²) in [5.74, 6) is 0. The molecular weight excluding hydrogens is 292 g/mol. The van der Waals surface area contributed by atoms with E-state index >= 15 is 0 Å². The maximum atomic E-state index is 11.7. The maximum Gasteiger partial charge on any atom is 0.323 e. The molecule has 1 heterocycles. The van der Waals surface area contributed by atoms with Crippen molar-refractivity contribution < 1.29 is 13.2 Å². The van der Waals surface area contributed by atoms with Gasteiger partial charge in [0.05, 0.1) is 18.1 Å². The number of nitrogens with one attached hydrogen (secondary N) is 3. The number of rotatable bonds is 4. The lowest BCUT2D eigenvalue weighted by Gasteiger charge is -2.08.